The van der Waals surface area contributed by atoms with E-state index in [4.69, 9.17) is 9.84 Å². The van der Waals surface area contributed by atoms with Gasteiger partial charge in [-0.2, -0.15) is 9.38 Å². The molecule has 2 aliphatic heterocycles. The fourth-order valence-corrected chi connectivity index (χ4v) is 2.25. The summed E-state index contributed by atoms with van der Waals surface area (Å²) in [5.41, 5.74) is 0.583. The monoisotopic (exact) mass is 272 g/mol. The van der Waals surface area contributed by atoms with Gasteiger partial charge in [0, 0.05) is 0 Å². The van der Waals surface area contributed by atoms with Crippen LogP contribution in [0, 0.1) is 0 Å². The zero-order valence-electron chi connectivity index (χ0n) is 9.77. The molecule has 0 aliphatic carbocycles. The van der Waals surface area contributed by atoms with Crippen LogP contribution < -0.4 is 0 Å². The molecule has 19 heavy (non-hydrogen) atoms. The third-order valence-electron chi connectivity index (χ3n) is 3.28. The number of aromatic nitrogens is 2. The van der Waals surface area contributed by atoms with E-state index in [1.807, 2.05) is 0 Å². The van der Waals surface area contributed by atoms with Crippen LogP contribution in [0.4, 0.5) is 10.2 Å². The van der Waals surface area contributed by atoms with Crippen LogP contribution in [-0.4, -0.2) is 67.4 Å². The van der Waals surface area contributed by atoms with E-state index in [1.54, 1.807) is 0 Å². The third kappa shape index (κ3) is 1.91. The highest BCUT2D eigenvalue weighted by molar-refractivity contribution is 5.78. The summed E-state index contributed by atoms with van der Waals surface area (Å²) >= 11 is 0. The number of H-pyrrole nitrogens is 1. The number of amidine groups is 1. The Kier molecular flexibility index (Phi) is 2.97. The van der Waals surface area contributed by atoms with E-state index < -0.39 is 37.2 Å². The lowest BCUT2D eigenvalue weighted by atomic mass is 10.1. The van der Waals surface area contributed by atoms with Crippen molar-refractivity contribution in [3.63, 3.8) is 0 Å². The molecule has 4 N–H and O–H groups in total. The van der Waals surface area contributed by atoms with Gasteiger partial charge >= 0.3 is 0 Å². The number of aromatic amines is 1. The normalized spacial score (nSPS) is 34.3. The summed E-state index contributed by atoms with van der Waals surface area (Å²) in [5.74, 6) is 0.250. The highest BCUT2D eigenvalue weighted by Crippen LogP contribution is 2.30. The molecule has 0 amide bonds. The lowest BCUT2D eigenvalue weighted by Gasteiger charge is -2.30. The van der Waals surface area contributed by atoms with Crippen LogP contribution in [0.1, 0.15) is 5.69 Å². The Morgan fingerprint density at radius 3 is 2.95 bits per heavy atom. The predicted molar refractivity (Wildman–Crippen MR) is 60.1 cm³/mol. The number of fused-ring (bicyclic) bond motifs is 1. The molecule has 1 aromatic heterocycles. The number of aliphatic imine (C=N–C) groups is 1. The molecule has 1 fully saturated rings. The largest absolute Gasteiger partial charge is 0.394 e. The van der Waals surface area contributed by atoms with Crippen molar-refractivity contribution in [1.82, 2.24) is 14.9 Å². The van der Waals surface area contributed by atoms with Crippen molar-refractivity contribution < 1.29 is 24.4 Å². The minimum Gasteiger partial charge on any atom is -0.394 e. The number of hydrogen-bond acceptors (Lipinski definition) is 7. The smallest absolute Gasteiger partial charge is 0.289 e. The molecule has 104 valence electrons. The summed E-state index contributed by atoms with van der Waals surface area (Å²) in [6.07, 6.45) is -4.12. The Morgan fingerprint density at radius 1 is 1.47 bits per heavy atom. The second-order valence-corrected chi connectivity index (χ2v) is 4.44. The second-order valence-electron chi connectivity index (χ2n) is 4.44. The highest BCUT2D eigenvalue weighted by atomic mass is 19.1. The second kappa shape index (κ2) is 4.53. The number of hydrogen-bond donors (Lipinski definition) is 4. The molecule has 3 rings (SSSR count). The Balaban J connectivity index is 1.84. The maximum atomic E-state index is 13.9. The van der Waals surface area contributed by atoms with Crippen LogP contribution in [0.2, 0.25) is 0 Å². The molecule has 8 nitrogen and oxygen atoms in total. The zero-order chi connectivity index (χ0) is 13.6. The fourth-order valence-electron chi connectivity index (χ4n) is 2.25. The van der Waals surface area contributed by atoms with Gasteiger partial charge in [-0.25, -0.2) is 4.98 Å². The molecule has 0 aromatic carbocycles. The van der Waals surface area contributed by atoms with E-state index in [9.17, 15) is 14.6 Å². The van der Waals surface area contributed by atoms with Crippen molar-refractivity contribution in [2.45, 2.75) is 31.1 Å². The van der Waals surface area contributed by atoms with Crippen LogP contribution in [0.25, 0.3) is 0 Å². The molecular weight excluding hydrogens is 259 g/mol. The average molecular weight is 272 g/mol. The number of rotatable bonds is 2. The number of nitrogens with zero attached hydrogens (tertiary/aromatic N) is 3. The SMILES string of the molecule is OC[C@H]1OC(N2Cc3[nH]cnc3N=C2F)[C@@H](O)[C@@H]1O. The topological polar surface area (TPSA) is 114 Å². The number of aliphatic hydroxyl groups excluding tert-OH is 3. The maximum absolute atomic E-state index is 13.9. The number of nitrogens with one attached hydrogen (secondary N) is 1. The molecule has 4 atom stereocenters. The first-order valence-corrected chi connectivity index (χ1v) is 5.77. The van der Waals surface area contributed by atoms with Gasteiger partial charge in [0.15, 0.2) is 12.0 Å². The molecule has 0 bridgehead atoms. The van der Waals surface area contributed by atoms with Crippen molar-refractivity contribution >= 4 is 11.9 Å². The predicted octanol–water partition coefficient (Wildman–Crippen LogP) is -1.38. The number of halogens is 1. The van der Waals surface area contributed by atoms with Crippen molar-refractivity contribution in [3.05, 3.63) is 12.0 Å². The maximum Gasteiger partial charge on any atom is 0.289 e. The van der Waals surface area contributed by atoms with Gasteiger partial charge in [0.1, 0.15) is 18.3 Å². The number of imidazole rings is 1. The summed E-state index contributed by atoms with van der Waals surface area (Å²) in [4.78, 5) is 11.4. The molecule has 2 aliphatic rings. The lowest BCUT2D eigenvalue weighted by molar-refractivity contribution is -0.0780. The molecule has 1 aromatic rings. The number of ether oxygens (including phenoxy) is 1. The van der Waals surface area contributed by atoms with Crippen molar-refractivity contribution in [2.75, 3.05) is 6.61 Å². The lowest BCUT2D eigenvalue weighted by Crippen LogP contribution is -2.46. The Morgan fingerprint density at radius 2 is 2.26 bits per heavy atom. The molecule has 0 saturated carbocycles. The minimum absolute atomic E-state index is 0.0806. The molecular formula is C10H13FN4O4. The van der Waals surface area contributed by atoms with Crippen LogP contribution in [-0.2, 0) is 11.3 Å². The van der Waals surface area contributed by atoms with Crippen LogP contribution in [0.15, 0.2) is 11.3 Å². The molecule has 1 unspecified atom stereocenters. The molecule has 1 saturated heterocycles. The zero-order valence-corrected chi connectivity index (χ0v) is 9.77. The quantitative estimate of drug-likeness (QED) is 0.493. The van der Waals surface area contributed by atoms with Crippen LogP contribution in [0.5, 0.6) is 0 Å². The van der Waals surface area contributed by atoms with Gasteiger partial charge in [0.2, 0.25) is 0 Å². The van der Waals surface area contributed by atoms with Gasteiger partial charge < -0.3 is 25.0 Å². The third-order valence-corrected chi connectivity index (χ3v) is 3.28. The van der Waals surface area contributed by atoms with E-state index in [0.29, 0.717) is 5.69 Å². The standard InChI is InChI=1S/C10H13FN4O4/c11-10-14-8-4(12-3-13-8)1-15(10)9-7(18)6(17)5(2-16)19-9/h3,5-7,9,16-18H,1-2H2,(H,12,13)/t5-,6-,7+,9?/m1/s1. The van der Waals surface area contributed by atoms with Crippen molar-refractivity contribution in [3.8, 4) is 0 Å². The first kappa shape index (κ1) is 12.5. The summed E-state index contributed by atoms with van der Waals surface area (Å²) in [6, 6.07) is 0. The van der Waals surface area contributed by atoms with E-state index in [0.717, 1.165) is 4.90 Å². The van der Waals surface area contributed by atoms with Gasteiger partial charge in [-0.05, 0) is 0 Å². The van der Waals surface area contributed by atoms with Gasteiger partial charge in [-0.15, -0.1) is 0 Å². The van der Waals surface area contributed by atoms with Crippen molar-refractivity contribution in [2.24, 2.45) is 4.99 Å². The van der Waals surface area contributed by atoms with Crippen LogP contribution in [0.3, 0.4) is 0 Å². The van der Waals surface area contributed by atoms with Gasteiger partial charge in [-0.3, -0.25) is 4.90 Å². The van der Waals surface area contributed by atoms with E-state index in [2.05, 4.69) is 15.0 Å². The highest BCUT2D eigenvalue weighted by Gasteiger charge is 2.47. The Labute approximate surface area is 107 Å². The summed E-state index contributed by atoms with van der Waals surface area (Å²) in [7, 11) is 0. The summed E-state index contributed by atoms with van der Waals surface area (Å²) in [5, 5.41) is 28.5. The van der Waals surface area contributed by atoms with E-state index in [1.165, 1.54) is 6.33 Å². The molecule has 3 heterocycles. The van der Waals surface area contributed by atoms with Gasteiger partial charge in [0.25, 0.3) is 6.09 Å². The summed E-state index contributed by atoms with van der Waals surface area (Å²) < 4.78 is 19.1. The first-order valence-electron chi connectivity index (χ1n) is 5.77. The Bertz CT molecular complexity index is 507. The van der Waals surface area contributed by atoms with Gasteiger partial charge in [-0.1, -0.05) is 0 Å². The fraction of sp³-hybridized carbons (Fsp3) is 0.600. The van der Waals surface area contributed by atoms with E-state index >= 15 is 0 Å². The van der Waals surface area contributed by atoms with Crippen LogP contribution >= 0.6 is 0 Å². The van der Waals surface area contributed by atoms with Gasteiger partial charge in [0.05, 0.1) is 25.2 Å². The number of aliphatic hydroxyl groups is 3. The summed E-state index contributed by atoms with van der Waals surface area (Å²) in [6.45, 7) is -0.381. The average Bonchev–Trinajstić information content (AvgIpc) is 2.95. The first-order chi connectivity index (χ1) is 9.11. The molecule has 0 radical (unpaired) electrons. The molecule has 9 heteroatoms. The Hall–Kier alpha value is -1.55. The van der Waals surface area contributed by atoms with Crippen molar-refractivity contribution in [1.29, 1.82) is 0 Å². The van der Waals surface area contributed by atoms with E-state index in [-0.39, 0.29) is 12.4 Å². The minimum atomic E-state index is -1.33. The molecule has 0 spiro atoms.